The monoisotopic (exact) mass is 624 g/mol. The molecule has 45 heavy (non-hydrogen) atoms. The normalized spacial score (nSPS) is 45.7. The quantitative estimate of drug-likeness (QED) is 0.202. The van der Waals surface area contributed by atoms with E-state index in [0.717, 1.165) is 64.3 Å². The van der Waals surface area contributed by atoms with Gasteiger partial charge in [0.1, 0.15) is 6.10 Å². The number of hydrogen-bond acceptors (Lipinski definition) is 5. The van der Waals surface area contributed by atoms with Gasteiger partial charge >= 0.3 is 5.97 Å². The molecule has 254 valence electrons. The van der Waals surface area contributed by atoms with Crippen molar-refractivity contribution in [3.05, 3.63) is 11.6 Å². The smallest absolute Gasteiger partial charge is 0.302 e. The maximum absolute atomic E-state index is 14.7. The third kappa shape index (κ3) is 5.35. The summed E-state index contributed by atoms with van der Waals surface area (Å²) in [4.78, 5) is 41.4. The van der Waals surface area contributed by atoms with Gasteiger partial charge in [-0.05, 0) is 129 Å². The second-order valence-corrected chi connectivity index (χ2v) is 17.5. The number of esters is 1. The molecule has 6 heteroatoms. The van der Waals surface area contributed by atoms with Gasteiger partial charge < -0.3 is 15.8 Å². The van der Waals surface area contributed by atoms with Crippen LogP contribution in [0, 0.1) is 56.7 Å². The first-order chi connectivity index (χ1) is 21.1. The minimum absolute atomic E-state index is 0.0145. The largest absolute Gasteiger partial charge is 0.461 e. The fraction of sp³-hybridized carbons (Fsp3) is 0.872. The molecule has 5 rings (SSSR count). The Labute approximate surface area is 273 Å². The van der Waals surface area contributed by atoms with Crippen molar-refractivity contribution in [3.8, 4) is 0 Å². The van der Waals surface area contributed by atoms with E-state index in [1.165, 1.54) is 31.8 Å². The molecule has 0 spiro atoms. The SMILES string of the molecule is CC(=O)O[C@@H]1CC[C@@]2(C)C(CC[C@]3(C)C2C(=O)C=C2C4[C@@H](C)[C@H](C)CC[C@]4(C)CC[C@]23C)[C@@]1(C)C(=O)NCCCCCCCN. The van der Waals surface area contributed by atoms with Crippen LogP contribution in [0.5, 0.6) is 0 Å². The summed E-state index contributed by atoms with van der Waals surface area (Å²) in [5.74, 6) is 1.44. The summed E-state index contributed by atoms with van der Waals surface area (Å²) >= 11 is 0. The highest BCUT2D eigenvalue weighted by Crippen LogP contribution is 2.75. The molecule has 3 unspecified atom stereocenters. The van der Waals surface area contributed by atoms with Crippen LogP contribution < -0.4 is 11.1 Å². The number of carbonyl (C=O) groups is 3. The lowest BCUT2D eigenvalue weighted by Crippen LogP contribution is -2.69. The topological polar surface area (TPSA) is 98.5 Å². The van der Waals surface area contributed by atoms with Crippen LogP contribution in [0.1, 0.15) is 139 Å². The van der Waals surface area contributed by atoms with Crippen LogP contribution >= 0.6 is 0 Å². The van der Waals surface area contributed by atoms with E-state index in [0.29, 0.717) is 30.7 Å². The van der Waals surface area contributed by atoms with E-state index in [-0.39, 0.29) is 51.2 Å². The summed E-state index contributed by atoms with van der Waals surface area (Å²) in [6, 6.07) is 0. The van der Waals surface area contributed by atoms with Crippen molar-refractivity contribution in [2.45, 2.75) is 145 Å². The summed E-state index contributed by atoms with van der Waals surface area (Å²) in [5, 5.41) is 3.28. The molecule has 0 bridgehead atoms. The van der Waals surface area contributed by atoms with Gasteiger partial charge in [-0.1, -0.05) is 66.4 Å². The molecule has 11 atom stereocenters. The fourth-order valence-corrected chi connectivity index (χ4v) is 12.2. The van der Waals surface area contributed by atoms with E-state index >= 15 is 0 Å². The van der Waals surface area contributed by atoms with E-state index in [2.05, 4.69) is 52.9 Å². The van der Waals surface area contributed by atoms with Crippen molar-refractivity contribution >= 4 is 17.7 Å². The number of nitrogens with two attached hydrogens (primary N) is 1. The van der Waals surface area contributed by atoms with E-state index < -0.39 is 11.5 Å². The summed E-state index contributed by atoms with van der Waals surface area (Å²) < 4.78 is 5.97. The Morgan fingerprint density at radius 2 is 1.60 bits per heavy atom. The van der Waals surface area contributed by atoms with E-state index in [1.807, 2.05) is 6.92 Å². The molecule has 6 nitrogen and oxygen atoms in total. The molecule has 0 radical (unpaired) electrons. The molecule has 3 N–H and O–H groups in total. The Hall–Kier alpha value is -1.69. The van der Waals surface area contributed by atoms with Crippen LogP contribution in [-0.4, -0.2) is 36.9 Å². The first kappa shape index (κ1) is 34.6. The van der Waals surface area contributed by atoms with E-state index in [4.69, 9.17) is 10.5 Å². The summed E-state index contributed by atoms with van der Waals surface area (Å²) in [6.45, 7) is 19.4. The van der Waals surface area contributed by atoms with Gasteiger partial charge in [-0.25, -0.2) is 0 Å². The number of nitrogens with one attached hydrogen (secondary N) is 1. The molecule has 0 aliphatic heterocycles. The number of rotatable bonds is 9. The van der Waals surface area contributed by atoms with Gasteiger partial charge in [0.25, 0.3) is 0 Å². The maximum Gasteiger partial charge on any atom is 0.302 e. The minimum Gasteiger partial charge on any atom is -0.461 e. The summed E-state index contributed by atoms with van der Waals surface area (Å²) in [5.41, 5.74) is 5.91. The fourth-order valence-electron chi connectivity index (χ4n) is 12.2. The van der Waals surface area contributed by atoms with Crippen LogP contribution in [0.3, 0.4) is 0 Å². The highest BCUT2D eigenvalue weighted by atomic mass is 16.5. The molecule has 4 saturated carbocycles. The summed E-state index contributed by atoms with van der Waals surface area (Å²) in [6.07, 6.45) is 15.0. The Morgan fingerprint density at radius 3 is 2.29 bits per heavy atom. The first-order valence-electron chi connectivity index (χ1n) is 18.5. The highest BCUT2D eigenvalue weighted by molar-refractivity contribution is 5.96. The summed E-state index contributed by atoms with van der Waals surface area (Å²) in [7, 11) is 0. The molecule has 0 aromatic heterocycles. The van der Waals surface area contributed by atoms with Crippen molar-refractivity contribution < 1.29 is 19.1 Å². The lowest BCUT2D eigenvalue weighted by atomic mass is 9.33. The Morgan fingerprint density at radius 1 is 0.911 bits per heavy atom. The number of hydrogen-bond donors (Lipinski definition) is 2. The van der Waals surface area contributed by atoms with Crippen molar-refractivity contribution in [1.82, 2.24) is 5.32 Å². The minimum atomic E-state index is -0.886. The maximum atomic E-state index is 14.7. The number of unbranched alkanes of at least 4 members (excludes halogenated alkanes) is 4. The molecule has 1 amide bonds. The standard InChI is InChI=1S/C39H64N2O4/c1-25-14-17-35(4)20-21-37(6)28(32(35)26(25)2)24-29(43)33-36(5)18-16-31(45-27(3)42)39(8,30(36)15-19-38(33,37)7)34(44)41-23-13-11-9-10-12-22-40/h24-26,30-33H,9-23,40H2,1-8H3,(H,41,44)/t25-,26+,30?,31-,32?,33?,35-,36+,37-,38-,39-/m1/s1. The number of ether oxygens (including phenoxy) is 1. The van der Waals surface area contributed by atoms with Crippen LogP contribution in [0.2, 0.25) is 0 Å². The van der Waals surface area contributed by atoms with Crippen molar-refractivity contribution in [2.24, 2.45) is 62.4 Å². The van der Waals surface area contributed by atoms with Crippen LogP contribution in [0.4, 0.5) is 0 Å². The Bertz CT molecular complexity index is 1200. The zero-order valence-electron chi connectivity index (χ0n) is 29.9. The Balaban J connectivity index is 1.48. The zero-order chi connectivity index (χ0) is 33.0. The number of fused-ring (bicyclic) bond motifs is 7. The third-order valence-electron chi connectivity index (χ3n) is 15.2. The predicted octanol–water partition coefficient (Wildman–Crippen LogP) is 7.78. The molecule has 0 aromatic carbocycles. The van der Waals surface area contributed by atoms with Gasteiger partial charge in [0.2, 0.25) is 5.91 Å². The van der Waals surface area contributed by atoms with Crippen molar-refractivity contribution in [3.63, 3.8) is 0 Å². The molecular formula is C39H64N2O4. The van der Waals surface area contributed by atoms with Gasteiger partial charge in [-0.15, -0.1) is 0 Å². The van der Waals surface area contributed by atoms with Crippen molar-refractivity contribution in [1.29, 1.82) is 0 Å². The van der Waals surface area contributed by atoms with Crippen LogP contribution in [-0.2, 0) is 19.1 Å². The van der Waals surface area contributed by atoms with E-state index in [9.17, 15) is 14.4 Å². The average Bonchev–Trinajstić information content (AvgIpc) is 2.97. The number of amides is 1. The molecule has 5 aliphatic carbocycles. The van der Waals surface area contributed by atoms with E-state index in [1.54, 1.807) is 0 Å². The predicted molar refractivity (Wildman–Crippen MR) is 180 cm³/mol. The molecule has 0 saturated heterocycles. The third-order valence-corrected chi connectivity index (χ3v) is 15.2. The van der Waals surface area contributed by atoms with Crippen LogP contribution in [0.25, 0.3) is 0 Å². The zero-order valence-corrected chi connectivity index (χ0v) is 29.9. The van der Waals surface area contributed by atoms with Gasteiger partial charge in [-0.3, -0.25) is 14.4 Å². The molecule has 0 heterocycles. The molecular weight excluding hydrogens is 560 g/mol. The number of carbonyl (C=O) groups excluding carboxylic acids is 3. The van der Waals surface area contributed by atoms with Gasteiger partial charge in [-0.2, -0.15) is 0 Å². The number of ketones is 1. The molecule has 0 aromatic rings. The molecule has 5 aliphatic rings. The lowest BCUT2D eigenvalue weighted by Gasteiger charge is -2.70. The number of allylic oxidation sites excluding steroid dienone is 2. The first-order valence-corrected chi connectivity index (χ1v) is 18.5. The van der Waals surface area contributed by atoms with Crippen LogP contribution in [0.15, 0.2) is 11.6 Å². The second kappa shape index (κ2) is 12.4. The van der Waals surface area contributed by atoms with Crippen molar-refractivity contribution in [2.75, 3.05) is 13.1 Å². The average molecular weight is 625 g/mol. The highest BCUT2D eigenvalue weighted by Gasteiger charge is 2.72. The van der Waals surface area contributed by atoms with Gasteiger partial charge in [0.05, 0.1) is 5.41 Å². The van der Waals surface area contributed by atoms with Gasteiger partial charge in [0, 0.05) is 19.4 Å². The Kier molecular flexibility index (Phi) is 9.54. The lowest BCUT2D eigenvalue weighted by molar-refractivity contribution is -0.214. The van der Waals surface area contributed by atoms with Gasteiger partial charge in [0.15, 0.2) is 5.78 Å². The molecule has 4 fully saturated rings. The second-order valence-electron chi connectivity index (χ2n) is 17.5.